The highest BCUT2D eigenvalue weighted by atomic mass is 16.3. The van der Waals surface area contributed by atoms with Crippen molar-refractivity contribution in [2.45, 2.75) is 251 Å². The molecular formula is C47H89NO3. The van der Waals surface area contributed by atoms with Crippen LogP contribution in [0.4, 0.5) is 0 Å². The van der Waals surface area contributed by atoms with Gasteiger partial charge in [0.05, 0.1) is 18.8 Å². The molecule has 0 radical (unpaired) electrons. The molecule has 0 aromatic carbocycles. The van der Waals surface area contributed by atoms with Gasteiger partial charge in [0, 0.05) is 6.42 Å². The second-order valence-electron chi connectivity index (χ2n) is 15.5. The summed E-state index contributed by atoms with van der Waals surface area (Å²) in [4.78, 5) is 12.4. The van der Waals surface area contributed by atoms with Gasteiger partial charge in [-0.3, -0.25) is 4.79 Å². The molecule has 0 spiro atoms. The van der Waals surface area contributed by atoms with Gasteiger partial charge in [-0.1, -0.05) is 217 Å². The Hall–Kier alpha value is -1.39. The van der Waals surface area contributed by atoms with Crippen molar-refractivity contribution in [2.75, 3.05) is 6.61 Å². The van der Waals surface area contributed by atoms with Gasteiger partial charge in [-0.15, -0.1) is 0 Å². The Morgan fingerprint density at radius 1 is 0.471 bits per heavy atom. The van der Waals surface area contributed by atoms with Crippen LogP contribution in [-0.2, 0) is 4.79 Å². The molecule has 300 valence electrons. The Labute approximate surface area is 319 Å². The number of aliphatic hydroxyl groups excluding tert-OH is 2. The largest absolute Gasteiger partial charge is 0.394 e. The zero-order chi connectivity index (χ0) is 37.1. The van der Waals surface area contributed by atoms with Crippen LogP contribution in [0.25, 0.3) is 0 Å². The Bertz CT molecular complexity index is 775. The van der Waals surface area contributed by atoms with E-state index in [2.05, 4.69) is 43.5 Å². The van der Waals surface area contributed by atoms with E-state index in [0.29, 0.717) is 6.42 Å². The summed E-state index contributed by atoms with van der Waals surface area (Å²) in [6, 6.07) is -0.625. The lowest BCUT2D eigenvalue weighted by Crippen LogP contribution is -2.45. The molecule has 4 nitrogen and oxygen atoms in total. The minimum atomic E-state index is -0.842. The van der Waals surface area contributed by atoms with Crippen molar-refractivity contribution in [1.29, 1.82) is 0 Å². The van der Waals surface area contributed by atoms with E-state index in [0.717, 1.165) is 32.1 Å². The highest BCUT2D eigenvalue weighted by Gasteiger charge is 2.17. The van der Waals surface area contributed by atoms with Crippen LogP contribution in [0.3, 0.4) is 0 Å². The Balaban J connectivity index is 3.57. The van der Waals surface area contributed by atoms with Crippen LogP contribution in [-0.4, -0.2) is 34.9 Å². The van der Waals surface area contributed by atoms with Crippen LogP contribution >= 0.6 is 0 Å². The third-order valence-electron chi connectivity index (χ3n) is 10.4. The molecule has 0 saturated carbocycles. The molecule has 4 heteroatoms. The normalized spacial score (nSPS) is 13.3. The van der Waals surface area contributed by atoms with Crippen molar-refractivity contribution in [2.24, 2.45) is 0 Å². The molecule has 1 amide bonds. The van der Waals surface area contributed by atoms with E-state index in [1.54, 1.807) is 6.08 Å². The van der Waals surface area contributed by atoms with Gasteiger partial charge in [0.2, 0.25) is 5.91 Å². The van der Waals surface area contributed by atoms with Gasteiger partial charge in [0.25, 0.3) is 0 Å². The number of carbonyl (C=O) groups excluding carboxylic acids is 1. The first-order valence-corrected chi connectivity index (χ1v) is 22.7. The number of allylic oxidation sites excluding steroid dienone is 5. The Morgan fingerprint density at radius 2 is 0.804 bits per heavy atom. The van der Waals surface area contributed by atoms with Gasteiger partial charge in [0.15, 0.2) is 0 Å². The second kappa shape index (κ2) is 43.0. The number of hydrogen-bond donors (Lipinski definition) is 3. The maximum Gasteiger partial charge on any atom is 0.220 e. The lowest BCUT2D eigenvalue weighted by molar-refractivity contribution is -0.123. The molecule has 2 atom stereocenters. The molecule has 0 rings (SSSR count). The number of nitrogens with one attached hydrogen (secondary N) is 1. The fourth-order valence-corrected chi connectivity index (χ4v) is 6.86. The summed E-state index contributed by atoms with van der Waals surface area (Å²) in [6.45, 7) is 4.30. The van der Waals surface area contributed by atoms with Crippen LogP contribution in [0.1, 0.15) is 239 Å². The van der Waals surface area contributed by atoms with Gasteiger partial charge in [0.1, 0.15) is 0 Å². The van der Waals surface area contributed by atoms with Crippen LogP contribution in [0.5, 0.6) is 0 Å². The molecule has 2 unspecified atom stereocenters. The molecule has 0 fully saturated rings. The number of rotatable bonds is 41. The second-order valence-corrected chi connectivity index (χ2v) is 15.5. The summed E-state index contributed by atoms with van der Waals surface area (Å²) >= 11 is 0. The summed E-state index contributed by atoms with van der Waals surface area (Å²) in [7, 11) is 0. The summed E-state index contributed by atoms with van der Waals surface area (Å²) in [5.41, 5.74) is 0. The van der Waals surface area contributed by atoms with E-state index >= 15 is 0 Å². The highest BCUT2D eigenvalue weighted by molar-refractivity contribution is 5.76. The zero-order valence-electron chi connectivity index (χ0n) is 34.4. The van der Waals surface area contributed by atoms with Crippen molar-refractivity contribution >= 4 is 5.91 Å². The monoisotopic (exact) mass is 716 g/mol. The van der Waals surface area contributed by atoms with Gasteiger partial charge in [-0.25, -0.2) is 0 Å². The van der Waals surface area contributed by atoms with Crippen LogP contribution in [0.15, 0.2) is 36.5 Å². The first kappa shape index (κ1) is 49.6. The average Bonchev–Trinajstić information content (AvgIpc) is 3.13. The lowest BCUT2D eigenvalue weighted by atomic mass is 10.0. The quantitative estimate of drug-likeness (QED) is 0.0436. The first-order chi connectivity index (χ1) is 25.2. The molecule has 3 N–H and O–H groups in total. The molecule has 0 aromatic rings. The van der Waals surface area contributed by atoms with E-state index < -0.39 is 12.1 Å². The van der Waals surface area contributed by atoms with E-state index in [4.69, 9.17) is 0 Å². The summed E-state index contributed by atoms with van der Waals surface area (Å²) < 4.78 is 0. The zero-order valence-corrected chi connectivity index (χ0v) is 34.4. The highest BCUT2D eigenvalue weighted by Crippen LogP contribution is 2.15. The minimum Gasteiger partial charge on any atom is -0.394 e. The maximum atomic E-state index is 12.4. The number of carbonyl (C=O) groups is 1. The molecule has 0 bridgehead atoms. The maximum absolute atomic E-state index is 12.4. The number of unbranched alkanes of at least 4 members (excludes halogenated alkanes) is 30. The molecule has 0 saturated heterocycles. The topological polar surface area (TPSA) is 69.6 Å². The number of aliphatic hydroxyl groups is 2. The molecular weight excluding hydrogens is 627 g/mol. The summed E-state index contributed by atoms with van der Waals surface area (Å²) in [6.07, 6.45) is 56.8. The SMILES string of the molecule is CCCCCC/C=C\C/C=C\CCCCCCCCCC(=O)NC(CO)C(O)/C=C/CCCCCCCCCCCCCCCCCCCCC. The Morgan fingerprint density at radius 3 is 1.20 bits per heavy atom. The van der Waals surface area contributed by atoms with Crippen LogP contribution in [0.2, 0.25) is 0 Å². The van der Waals surface area contributed by atoms with E-state index in [1.807, 2.05) is 6.08 Å². The van der Waals surface area contributed by atoms with Gasteiger partial charge < -0.3 is 15.5 Å². The van der Waals surface area contributed by atoms with Gasteiger partial charge in [-0.05, 0) is 51.4 Å². The fraction of sp³-hybridized carbons (Fsp3) is 0.851. The van der Waals surface area contributed by atoms with Gasteiger partial charge in [-0.2, -0.15) is 0 Å². The molecule has 0 aliphatic rings. The van der Waals surface area contributed by atoms with Crippen molar-refractivity contribution in [3.05, 3.63) is 36.5 Å². The van der Waals surface area contributed by atoms with E-state index in [9.17, 15) is 15.0 Å². The minimum absolute atomic E-state index is 0.0709. The number of amides is 1. The summed E-state index contributed by atoms with van der Waals surface area (Å²) in [5, 5.41) is 23.0. The third-order valence-corrected chi connectivity index (χ3v) is 10.4. The predicted molar refractivity (Wildman–Crippen MR) is 225 cm³/mol. The lowest BCUT2D eigenvalue weighted by Gasteiger charge is -2.20. The number of hydrogen-bond acceptors (Lipinski definition) is 3. The van der Waals surface area contributed by atoms with Crippen molar-refractivity contribution in [3.63, 3.8) is 0 Å². The van der Waals surface area contributed by atoms with Crippen molar-refractivity contribution < 1.29 is 15.0 Å². The van der Waals surface area contributed by atoms with E-state index in [-0.39, 0.29) is 12.5 Å². The van der Waals surface area contributed by atoms with Crippen molar-refractivity contribution in [1.82, 2.24) is 5.32 Å². The van der Waals surface area contributed by atoms with Crippen LogP contribution in [0, 0.1) is 0 Å². The van der Waals surface area contributed by atoms with E-state index in [1.165, 1.54) is 186 Å². The molecule has 51 heavy (non-hydrogen) atoms. The predicted octanol–water partition coefficient (Wildman–Crippen LogP) is 14.2. The van der Waals surface area contributed by atoms with Gasteiger partial charge >= 0.3 is 0 Å². The average molecular weight is 716 g/mol. The standard InChI is InChI=1S/C47H89NO3/c1-3-5-7-9-11-13-15-17-19-21-23-24-25-26-28-30-32-34-36-38-40-42-46(50)45(44-49)48-47(51)43-41-39-37-35-33-31-29-27-22-20-18-16-14-12-10-8-6-4-2/h14,16,20,22,40,42,45-46,49-50H,3-13,15,17-19,21,23-39,41,43-44H2,1-2H3,(H,48,51)/b16-14-,22-20-,42-40+. The fourth-order valence-electron chi connectivity index (χ4n) is 6.86. The molecule has 0 aromatic heterocycles. The Kier molecular flexibility index (Phi) is 41.8. The summed E-state index contributed by atoms with van der Waals surface area (Å²) in [5.74, 6) is -0.0709. The first-order valence-electron chi connectivity index (χ1n) is 22.7. The third kappa shape index (κ3) is 39.6. The molecule has 0 aliphatic carbocycles. The molecule has 0 aliphatic heterocycles. The van der Waals surface area contributed by atoms with Crippen LogP contribution < -0.4 is 5.32 Å². The van der Waals surface area contributed by atoms with Crippen molar-refractivity contribution in [3.8, 4) is 0 Å². The smallest absolute Gasteiger partial charge is 0.220 e. The molecule has 0 heterocycles.